The Bertz CT molecular complexity index is 570. The van der Waals surface area contributed by atoms with Crippen LogP contribution >= 0.6 is 11.6 Å². The number of para-hydroxylation sites is 1. The van der Waals surface area contributed by atoms with Gasteiger partial charge in [0.25, 0.3) is 5.56 Å². The van der Waals surface area contributed by atoms with Gasteiger partial charge in [0.2, 0.25) is 0 Å². The van der Waals surface area contributed by atoms with Gasteiger partial charge in [-0.2, -0.15) is 0 Å². The lowest BCUT2D eigenvalue weighted by Gasteiger charge is -2.12. The summed E-state index contributed by atoms with van der Waals surface area (Å²) >= 11 is 6.12. The number of hydrogen-bond acceptors (Lipinski definition) is 2. The number of rotatable bonds is 1. The molecular formula is C12H11ClN2O. The summed E-state index contributed by atoms with van der Waals surface area (Å²) in [6, 6.07) is 6.97. The Hall–Kier alpha value is -1.61. The molecule has 0 atom stereocenters. The van der Waals surface area contributed by atoms with Gasteiger partial charge in [0.15, 0.2) is 0 Å². The predicted octanol–water partition coefficient (Wildman–Crippen LogP) is 2.50. The SMILES string of the molecule is Cc1cccc(Cl)c1-n1c(C)nccc1=O. The van der Waals surface area contributed by atoms with Gasteiger partial charge in [-0.3, -0.25) is 9.36 Å². The van der Waals surface area contributed by atoms with Crippen LogP contribution in [-0.4, -0.2) is 9.55 Å². The van der Waals surface area contributed by atoms with Crippen LogP contribution in [0.5, 0.6) is 0 Å². The van der Waals surface area contributed by atoms with Gasteiger partial charge in [-0.15, -0.1) is 0 Å². The molecule has 2 rings (SSSR count). The first-order chi connectivity index (χ1) is 7.61. The van der Waals surface area contributed by atoms with Crippen LogP contribution in [-0.2, 0) is 0 Å². The van der Waals surface area contributed by atoms with E-state index in [0.717, 1.165) is 5.56 Å². The first-order valence-electron chi connectivity index (χ1n) is 4.91. The number of hydrogen-bond donors (Lipinski definition) is 0. The Labute approximate surface area is 98.3 Å². The van der Waals surface area contributed by atoms with E-state index in [-0.39, 0.29) is 5.56 Å². The minimum Gasteiger partial charge on any atom is -0.269 e. The van der Waals surface area contributed by atoms with E-state index in [1.165, 1.54) is 16.8 Å². The maximum absolute atomic E-state index is 11.8. The summed E-state index contributed by atoms with van der Waals surface area (Å²) in [6.07, 6.45) is 1.50. The van der Waals surface area contributed by atoms with Crippen molar-refractivity contribution in [3.63, 3.8) is 0 Å². The van der Waals surface area contributed by atoms with Crippen molar-refractivity contribution in [1.29, 1.82) is 0 Å². The summed E-state index contributed by atoms with van der Waals surface area (Å²) in [5.74, 6) is 0.628. The van der Waals surface area contributed by atoms with E-state index in [0.29, 0.717) is 16.5 Å². The molecule has 1 aromatic heterocycles. The lowest BCUT2D eigenvalue weighted by atomic mass is 10.2. The fourth-order valence-corrected chi connectivity index (χ4v) is 1.99. The summed E-state index contributed by atoms with van der Waals surface area (Å²) in [4.78, 5) is 15.9. The summed E-state index contributed by atoms with van der Waals surface area (Å²) in [6.45, 7) is 3.70. The van der Waals surface area contributed by atoms with Crippen molar-refractivity contribution in [3.05, 3.63) is 57.2 Å². The summed E-state index contributed by atoms with van der Waals surface area (Å²) in [5, 5.41) is 0.554. The highest BCUT2D eigenvalue weighted by Gasteiger charge is 2.10. The van der Waals surface area contributed by atoms with Gasteiger partial charge in [-0.25, -0.2) is 4.98 Å². The number of halogens is 1. The van der Waals surface area contributed by atoms with Crippen LogP contribution < -0.4 is 5.56 Å². The zero-order chi connectivity index (χ0) is 11.7. The molecule has 82 valence electrons. The number of nitrogens with zero attached hydrogens (tertiary/aromatic N) is 2. The molecular weight excluding hydrogens is 224 g/mol. The van der Waals surface area contributed by atoms with E-state index in [4.69, 9.17) is 11.6 Å². The van der Waals surface area contributed by atoms with E-state index in [1.54, 1.807) is 13.0 Å². The monoisotopic (exact) mass is 234 g/mol. The van der Waals surface area contributed by atoms with Crippen LogP contribution in [0, 0.1) is 13.8 Å². The van der Waals surface area contributed by atoms with Crippen LogP contribution in [0.3, 0.4) is 0 Å². The molecule has 4 heteroatoms. The van der Waals surface area contributed by atoms with E-state index in [9.17, 15) is 4.79 Å². The lowest BCUT2D eigenvalue weighted by Crippen LogP contribution is -2.21. The second-order valence-corrected chi connectivity index (χ2v) is 3.98. The fourth-order valence-electron chi connectivity index (χ4n) is 1.68. The van der Waals surface area contributed by atoms with Crippen LogP contribution in [0.15, 0.2) is 35.3 Å². The van der Waals surface area contributed by atoms with Gasteiger partial charge in [-0.1, -0.05) is 23.7 Å². The molecule has 0 fully saturated rings. The van der Waals surface area contributed by atoms with Gasteiger partial charge < -0.3 is 0 Å². The van der Waals surface area contributed by atoms with Gasteiger partial charge in [0.05, 0.1) is 10.7 Å². The fraction of sp³-hybridized carbons (Fsp3) is 0.167. The lowest BCUT2D eigenvalue weighted by molar-refractivity contribution is 0.864. The molecule has 0 bridgehead atoms. The molecule has 1 aromatic carbocycles. The van der Waals surface area contributed by atoms with E-state index < -0.39 is 0 Å². The van der Waals surface area contributed by atoms with Crippen LogP contribution in [0.1, 0.15) is 11.4 Å². The summed E-state index contributed by atoms with van der Waals surface area (Å²) in [5.41, 5.74) is 1.54. The normalized spacial score (nSPS) is 10.4. The quantitative estimate of drug-likeness (QED) is 0.760. The topological polar surface area (TPSA) is 34.9 Å². The molecule has 16 heavy (non-hydrogen) atoms. The average molecular weight is 235 g/mol. The van der Waals surface area contributed by atoms with E-state index in [1.807, 2.05) is 19.1 Å². The molecule has 0 aliphatic carbocycles. The van der Waals surface area contributed by atoms with Crippen LogP contribution in [0.4, 0.5) is 0 Å². The molecule has 0 radical (unpaired) electrons. The largest absolute Gasteiger partial charge is 0.269 e. The molecule has 0 aliphatic heterocycles. The minimum absolute atomic E-state index is 0.122. The zero-order valence-electron chi connectivity index (χ0n) is 9.07. The molecule has 0 saturated heterocycles. The van der Waals surface area contributed by atoms with Crippen molar-refractivity contribution < 1.29 is 0 Å². The van der Waals surface area contributed by atoms with Gasteiger partial charge in [-0.05, 0) is 25.5 Å². The number of aromatic nitrogens is 2. The Morgan fingerprint density at radius 3 is 2.62 bits per heavy atom. The molecule has 1 heterocycles. The highest BCUT2D eigenvalue weighted by molar-refractivity contribution is 6.32. The van der Waals surface area contributed by atoms with Crippen LogP contribution in [0.25, 0.3) is 5.69 Å². The average Bonchev–Trinajstić information content (AvgIpc) is 2.21. The Morgan fingerprint density at radius 1 is 1.25 bits per heavy atom. The van der Waals surface area contributed by atoms with Crippen molar-refractivity contribution >= 4 is 11.6 Å². The smallest absolute Gasteiger partial charge is 0.258 e. The second-order valence-electron chi connectivity index (χ2n) is 3.57. The van der Waals surface area contributed by atoms with Crippen molar-refractivity contribution in [2.75, 3.05) is 0 Å². The molecule has 0 amide bonds. The molecule has 3 nitrogen and oxygen atoms in total. The molecule has 0 N–H and O–H groups in total. The Balaban J connectivity index is 2.83. The maximum Gasteiger partial charge on any atom is 0.258 e. The number of benzene rings is 1. The molecule has 0 saturated carbocycles. The molecule has 0 unspecified atom stereocenters. The first-order valence-corrected chi connectivity index (χ1v) is 5.29. The van der Waals surface area contributed by atoms with Crippen molar-refractivity contribution in [2.24, 2.45) is 0 Å². The van der Waals surface area contributed by atoms with Crippen molar-refractivity contribution in [2.45, 2.75) is 13.8 Å². The zero-order valence-corrected chi connectivity index (χ0v) is 9.82. The first kappa shape index (κ1) is 10.9. The van der Waals surface area contributed by atoms with E-state index >= 15 is 0 Å². The third-order valence-electron chi connectivity index (χ3n) is 2.43. The van der Waals surface area contributed by atoms with Crippen molar-refractivity contribution in [1.82, 2.24) is 9.55 Å². The summed E-state index contributed by atoms with van der Waals surface area (Å²) in [7, 11) is 0. The van der Waals surface area contributed by atoms with Crippen LogP contribution in [0.2, 0.25) is 5.02 Å². The molecule has 0 spiro atoms. The predicted molar refractivity (Wildman–Crippen MR) is 64.3 cm³/mol. The molecule has 0 aliphatic rings. The highest BCUT2D eigenvalue weighted by Crippen LogP contribution is 2.23. The minimum atomic E-state index is -0.122. The van der Waals surface area contributed by atoms with Gasteiger partial charge in [0.1, 0.15) is 5.82 Å². The standard InChI is InChI=1S/C12H11ClN2O/c1-8-4-3-5-10(13)12(8)15-9(2)14-7-6-11(15)16/h3-7H,1-2H3. The molecule has 2 aromatic rings. The van der Waals surface area contributed by atoms with E-state index in [2.05, 4.69) is 4.98 Å². The Kier molecular flexibility index (Phi) is 2.79. The Morgan fingerprint density at radius 2 is 2.00 bits per heavy atom. The van der Waals surface area contributed by atoms with Gasteiger partial charge in [0, 0.05) is 12.3 Å². The third kappa shape index (κ3) is 1.74. The number of aryl methyl sites for hydroxylation is 2. The second kappa shape index (κ2) is 4.10. The maximum atomic E-state index is 11.8. The van der Waals surface area contributed by atoms with Gasteiger partial charge >= 0.3 is 0 Å². The third-order valence-corrected chi connectivity index (χ3v) is 2.74. The summed E-state index contributed by atoms with van der Waals surface area (Å²) < 4.78 is 1.53. The van der Waals surface area contributed by atoms with Crippen molar-refractivity contribution in [3.8, 4) is 5.69 Å². The highest BCUT2D eigenvalue weighted by atomic mass is 35.5.